The maximum atomic E-state index is 14.4. The van der Waals surface area contributed by atoms with E-state index in [1.165, 1.54) is 4.90 Å². The van der Waals surface area contributed by atoms with Crippen molar-refractivity contribution in [3.8, 4) is 0 Å². The number of rotatable bonds is 14. The number of halogens is 2. The standard InChI is InChI=1S/C35H37ClFN3O4S/c1-3-4-22-38-35(42)33(23-27-10-6-5-7-11-27)39(24-28-12-8-9-13-32(28)36)34(41)25-40(30-18-14-26(2)15-19-30)45(43,44)31-20-16-29(37)17-21-31/h5-21,33H,3-4,22-25H2,1-2H3,(H,38,42)/t33-/m0/s1. The molecule has 45 heavy (non-hydrogen) atoms. The number of nitrogens with zero attached hydrogens (tertiary/aromatic N) is 2. The summed E-state index contributed by atoms with van der Waals surface area (Å²) >= 11 is 6.53. The number of hydrogen-bond acceptors (Lipinski definition) is 4. The first-order valence-corrected chi connectivity index (χ1v) is 16.6. The number of carbonyl (C=O) groups excluding carboxylic acids is 2. The molecule has 1 N–H and O–H groups in total. The van der Waals surface area contributed by atoms with Crippen molar-refractivity contribution in [3.63, 3.8) is 0 Å². The molecule has 7 nitrogen and oxygen atoms in total. The van der Waals surface area contributed by atoms with E-state index in [1.54, 1.807) is 48.5 Å². The van der Waals surface area contributed by atoms with E-state index in [2.05, 4.69) is 5.32 Å². The lowest BCUT2D eigenvalue weighted by molar-refractivity contribution is -0.140. The fraction of sp³-hybridized carbons (Fsp3) is 0.257. The van der Waals surface area contributed by atoms with E-state index in [0.29, 0.717) is 17.1 Å². The summed E-state index contributed by atoms with van der Waals surface area (Å²) < 4.78 is 42.7. The molecule has 0 unspecified atom stereocenters. The Labute approximate surface area is 269 Å². The number of carbonyl (C=O) groups is 2. The van der Waals surface area contributed by atoms with Gasteiger partial charge in [-0.3, -0.25) is 13.9 Å². The van der Waals surface area contributed by atoms with E-state index in [4.69, 9.17) is 11.6 Å². The van der Waals surface area contributed by atoms with Gasteiger partial charge >= 0.3 is 0 Å². The minimum Gasteiger partial charge on any atom is -0.354 e. The Balaban J connectivity index is 1.79. The van der Waals surface area contributed by atoms with Crippen LogP contribution in [0.4, 0.5) is 10.1 Å². The molecule has 0 aliphatic rings. The van der Waals surface area contributed by atoms with Crippen molar-refractivity contribution < 1.29 is 22.4 Å². The van der Waals surface area contributed by atoms with Crippen molar-refractivity contribution in [3.05, 3.63) is 131 Å². The monoisotopic (exact) mass is 649 g/mol. The third kappa shape index (κ3) is 8.93. The van der Waals surface area contributed by atoms with Crippen molar-refractivity contribution in [1.29, 1.82) is 0 Å². The highest BCUT2D eigenvalue weighted by Crippen LogP contribution is 2.26. The quantitative estimate of drug-likeness (QED) is 0.157. The number of anilines is 1. The summed E-state index contributed by atoms with van der Waals surface area (Å²) in [5.41, 5.74) is 2.59. The second-order valence-corrected chi connectivity index (χ2v) is 13.0. The van der Waals surface area contributed by atoms with Crippen LogP contribution >= 0.6 is 11.6 Å². The highest BCUT2D eigenvalue weighted by atomic mass is 35.5. The van der Waals surface area contributed by atoms with Gasteiger partial charge < -0.3 is 10.2 Å². The highest BCUT2D eigenvalue weighted by molar-refractivity contribution is 7.92. The van der Waals surface area contributed by atoms with Crippen molar-refractivity contribution >= 4 is 39.1 Å². The fourth-order valence-electron chi connectivity index (χ4n) is 4.84. The van der Waals surface area contributed by atoms with Gasteiger partial charge in [0.2, 0.25) is 11.8 Å². The van der Waals surface area contributed by atoms with Gasteiger partial charge in [-0.1, -0.05) is 91.2 Å². The van der Waals surface area contributed by atoms with E-state index in [1.807, 2.05) is 44.2 Å². The zero-order valence-electron chi connectivity index (χ0n) is 25.3. The number of nitrogens with one attached hydrogen (secondary N) is 1. The van der Waals surface area contributed by atoms with Gasteiger partial charge in [0.25, 0.3) is 10.0 Å². The maximum absolute atomic E-state index is 14.4. The molecule has 4 rings (SSSR count). The lowest BCUT2D eigenvalue weighted by atomic mass is 10.0. The van der Waals surface area contributed by atoms with Crippen LogP contribution in [-0.4, -0.2) is 44.3 Å². The summed E-state index contributed by atoms with van der Waals surface area (Å²) in [6, 6.07) is 26.5. The second kappa shape index (κ2) is 15.7. The normalized spacial score (nSPS) is 11.9. The van der Waals surface area contributed by atoms with Crippen LogP contribution < -0.4 is 9.62 Å². The second-order valence-electron chi connectivity index (χ2n) is 10.8. The molecular weight excluding hydrogens is 613 g/mol. The summed E-state index contributed by atoms with van der Waals surface area (Å²) in [5.74, 6) is -1.54. The van der Waals surface area contributed by atoms with E-state index in [-0.39, 0.29) is 29.5 Å². The van der Waals surface area contributed by atoms with Gasteiger partial charge in [-0.05, 0) is 66.9 Å². The summed E-state index contributed by atoms with van der Waals surface area (Å²) in [4.78, 5) is 29.5. The molecule has 236 valence electrons. The fourth-order valence-corrected chi connectivity index (χ4v) is 6.45. The smallest absolute Gasteiger partial charge is 0.264 e. The molecule has 0 saturated carbocycles. The molecule has 0 spiro atoms. The Morgan fingerprint density at radius 1 is 0.889 bits per heavy atom. The Morgan fingerprint density at radius 3 is 2.18 bits per heavy atom. The predicted octanol–water partition coefficient (Wildman–Crippen LogP) is 6.54. The topological polar surface area (TPSA) is 86.8 Å². The third-order valence-corrected chi connectivity index (χ3v) is 9.56. The zero-order valence-corrected chi connectivity index (χ0v) is 26.9. The summed E-state index contributed by atoms with van der Waals surface area (Å²) in [7, 11) is -4.32. The Hall–Kier alpha value is -4.21. The van der Waals surface area contributed by atoms with Crippen molar-refractivity contribution in [2.45, 2.75) is 50.6 Å². The number of aryl methyl sites for hydroxylation is 1. The van der Waals surface area contributed by atoms with E-state index >= 15 is 0 Å². The first-order chi connectivity index (χ1) is 21.6. The predicted molar refractivity (Wildman–Crippen MR) is 176 cm³/mol. The minimum absolute atomic E-state index is 0.0322. The van der Waals surface area contributed by atoms with Crippen LogP contribution in [0.1, 0.15) is 36.5 Å². The van der Waals surface area contributed by atoms with E-state index < -0.39 is 34.3 Å². The Morgan fingerprint density at radius 2 is 1.53 bits per heavy atom. The van der Waals surface area contributed by atoms with Crippen LogP contribution in [0.3, 0.4) is 0 Å². The van der Waals surface area contributed by atoms with Crippen molar-refractivity contribution in [2.24, 2.45) is 0 Å². The molecule has 0 saturated heterocycles. The molecule has 0 aromatic heterocycles. The molecule has 0 aliphatic carbocycles. The first-order valence-electron chi connectivity index (χ1n) is 14.8. The highest BCUT2D eigenvalue weighted by Gasteiger charge is 2.34. The third-order valence-electron chi connectivity index (χ3n) is 7.40. The average molecular weight is 650 g/mol. The van der Waals surface area contributed by atoms with Crippen molar-refractivity contribution in [2.75, 3.05) is 17.4 Å². The lowest BCUT2D eigenvalue weighted by Crippen LogP contribution is -2.53. The van der Waals surface area contributed by atoms with Gasteiger partial charge in [-0.25, -0.2) is 12.8 Å². The van der Waals surface area contributed by atoms with Crippen molar-refractivity contribution in [1.82, 2.24) is 10.2 Å². The van der Waals surface area contributed by atoms with Gasteiger partial charge in [-0.15, -0.1) is 0 Å². The number of unbranched alkanes of at least 4 members (excludes halogenated alkanes) is 1. The van der Waals surface area contributed by atoms with Gasteiger partial charge in [0.05, 0.1) is 10.6 Å². The number of hydrogen-bond donors (Lipinski definition) is 1. The minimum atomic E-state index is -4.32. The number of benzene rings is 4. The summed E-state index contributed by atoms with van der Waals surface area (Å²) in [5, 5.41) is 3.37. The molecule has 0 heterocycles. The Kier molecular flexibility index (Phi) is 11.7. The SMILES string of the molecule is CCCCNC(=O)[C@H](Cc1ccccc1)N(Cc1ccccc1Cl)C(=O)CN(c1ccc(C)cc1)S(=O)(=O)c1ccc(F)cc1. The molecule has 4 aromatic rings. The van der Waals surface area contributed by atoms with Gasteiger partial charge in [-0.2, -0.15) is 0 Å². The molecule has 0 bridgehead atoms. The largest absolute Gasteiger partial charge is 0.354 e. The van der Waals surface area contributed by atoms with E-state index in [9.17, 15) is 22.4 Å². The van der Waals surface area contributed by atoms with Crippen LogP contribution in [0.15, 0.2) is 108 Å². The zero-order chi connectivity index (χ0) is 32.4. The van der Waals surface area contributed by atoms with Gasteiger partial charge in [0.15, 0.2) is 0 Å². The van der Waals surface area contributed by atoms with Gasteiger partial charge in [0, 0.05) is 24.5 Å². The molecule has 4 aromatic carbocycles. The van der Waals surface area contributed by atoms with Crippen LogP contribution in [-0.2, 0) is 32.6 Å². The molecule has 0 fully saturated rings. The molecule has 10 heteroatoms. The molecule has 2 amide bonds. The summed E-state index contributed by atoms with van der Waals surface area (Å²) in [6.07, 6.45) is 1.84. The number of amides is 2. The number of sulfonamides is 1. The maximum Gasteiger partial charge on any atom is 0.264 e. The molecule has 1 atom stereocenters. The first kappa shape index (κ1) is 33.7. The van der Waals surface area contributed by atoms with Crippen LogP contribution in [0.2, 0.25) is 5.02 Å². The lowest BCUT2D eigenvalue weighted by Gasteiger charge is -2.34. The van der Waals surface area contributed by atoms with Gasteiger partial charge in [0.1, 0.15) is 18.4 Å². The molecule has 0 radical (unpaired) electrons. The average Bonchev–Trinajstić information content (AvgIpc) is 3.03. The van der Waals surface area contributed by atoms with Crippen LogP contribution in [0, 0.1) is 12.7 Å². The van der Waals surface area contributed by atoms with Crippen LogP contribution in [0.25, 0.3) is 0 Å². The molecule has 0 aliphatic heterocycles. The Bertz CT molecular complexity index is 1680. The van der Waals surface area contributed by atoms with E-state index in [0.717, 1.165) is 52.5 Å². The summed E-state index contributed by atoms with van der Waals surface area (Å²) in [6.45, 7) is 3.67. The molecular formula is C35H37ClFN3O4S. The van der Waals surface area contributed by atoms with Crippen LogP contribution in [0.5, 0.6) is 0 Å².